The van der Waals surface area contributed by atoms with Crippen LogP contribution in [0.3, 0.4) is 0 Å². The van der Waals surface area contributed by atoms with Crippen molar-refractivity contribution in [2.24, 2.45) is 5.92 Å². The number of fused-ring (bicyclic) bond motifs is 2. The maximum atomic E-state index is 5.53. The SMILES string of the molecule is c1cn(C[C@@H]2CCCN3CCCC[C@H]23)c(-c2ccc3c(c2)OCO3)n1. The number of nitrogens with zero attached hydrogens (tertiary/aromatic N) is 3. The maximum Gasteiger partial charge on any atom is 0.231 e. The molecule has 5 nitrogen and oxygen atoms in total. The number of aromatic nitrogens is 2. The monoisotopic (exact) mass is 339 g/mol. The molecule has 0 unspecified atom stereocenters. The van der Waals surface area contributed by atoms with Gasteiger partial charge < -0.3 is 18.9 Å². The molecule has 25 heavy (non-hydrogen) atoms. The van der Waals surface area contributed by atoms with Crippen molar-refractivity contribution in [1.82, 2.24) is 14.5 Å². The Balaban J connectivity index is 1.39. The number of hydrogen-bond acceptors (Lipinski definition) is 4. The largest absolute Gasteiger partial charge is 0.454 e. The summed E-state index contributed by atoms with van der Waals surface area (Å²) in [4.78, 5) is 7.37. The normalized spacial score (nSPS) is 25.8. The Morgan fingerprint density at radius 1 is 1.04 bits per heavy atom. The summed E-state index contributed by atoms with van der Waals surface area (Å²) in [6, 6.07) is 6.88. The van der Waals surface area contributed by atoms with E-state index in [1.165, 1.54) is 45.2 Å². The van der Waals surface area contributed by atoms with Gasteiger partial charge in [-0.05, 0) is 62.9 Å². The van der Waals surface area contributed by atoms with Crippen LogP contribution < -0.4 is 9.47 Å². The van der Waals surface area contributed by atoms with Crippen LogP contribution in [0, 0.1) is 5.92 Å². The van der Waals surface area contributed by atoms with Crippen molar-refractivity contribution in [1.29, 1.82) is 0 Å². The van der Waals surface area contributed by atoms with Crippen LogP contribution in [-0.2, 0) is 6.54 Å². The zero-order chi connectivity index (χ0) is 16.6. The highest BCUT2D eigenvalue weighted by Gasteiger charge is 2.33. The van der Waals surface area contributed by atoms with E-state index in [2.05, 4.69) is 32.8 Å². The fraction of sp³-hybridized carbons (Fsp3) is 0.550. The summed E-state index contributed by atoms with van der Waals surface area (Å²) < 4.78 is 13.3. The molecule has 0 spiro atoms. The number of hydrogen-bond donors (Lipinski definition) is 0. The average Bonchev–Trinajstić information content (AvgIpc) is 3.30. The van der Waals surface area contributed by atoms with Gasteiger partial charge in [0, 0.05) is 30.5 Å². The van der Waals surface area contributed by atoms with Crippen LogP contribution in [0.2, 0.25) is 0 Å². The molecule has 3 aliphatic rings. The van der Waals surface area contributed by atoms with Crippen LogP contribution in [0.5, 0.6) is 11.5 Å². The van der Waals surface area contributed by atoms with Crippen molar-refractivity contribution in [2.45, 2.75) is 44.7 Å². The van der Waals surface area contributed by atoms with Gasteiger partial charge in [0.25, 0.3) is 0 Å². The quantitative estimate of drug-likeness (QED) is 0.857. The molecule has 3 aliphatic heterocycles. The van der Waals surface area contributed by atoms with Crippen molar-refractivity contribution < 1.29 is 9.47 Å². The fourth-order valence-corrected chi connectivity index (χ4v) is 4.80. The molecule has 0 aliphatic carbocycles. The van der Waals surface area contributed by atoms with Gasteiger partial charge in [0.05, 0.1) is 0 Å². The number of benzene rings is 1. The molecule has 1 aromatic heterocycles. The molecule has 5 rings (SSSR count). The van der Waals surface area contributed by atoms with Gasteiger partial charge in [0.15, 0.2) is 11.5 Å². The van der Waals surface area contributed by atoms with E-state index in [4.69, 9.17) is 9.47 Å². The molecule has 2 aromatic rings. The van der Waals surface area contributed by atoms with Gasteiger partial charge >= 0.3 is 0 Å². The first kappa shape index (κ1) is 15.3. The zero-order valence-corrected chi connectivity index (χ0v) is 14.6. The molecule has 2 atom stereocenters. The third-order valence-corrected chi connectivity index (χ3v) is 6.01. The Hall–Kier alpha value is -2.01. The summed E-state index contributed by atoms with van der Waals surface area (Å²) in [5.41, 5.74) is 1.10. The molecule has 0 bridgehead atoms. The Morgan fingerprint density at radius 2 is 1.96 bits per heavy atom. The topological polar surface area (TPSA) is 39.5 Å². The zero-order valence-electron chi connectivity index (χ0n) is 14.6. The molecule has 4 heterocycles. The first-order valence-corrected chi connectivity index (χ1v) is 9.54. The van der Waals surface area contributed by atoms with E-state index in [0.29, 0.717) is 6.79 Å². The Kier molecular flexibility index (Phi) is 3.89. The van der Waals surface area contributed by atoms with Crippen molar-refractivity contribution in [3.63, 3.8) is 0 Å². The van der Waals surface area contributed by atoms with Crippen molar-refractivity contribution in [3.05, 3.63) is 30.6 Å². The van der Waals surface area contributed by atoms with Crippen LogP contribution in [0.25, 0.3) is 11.4 Å². The van der Waals surface area contributed by atoms with Crippen LogP contribution >= 0.6 is 0 Å². The third-order valence-electron chi connectivity index (χ3n) is 6.01. The van der Waals surface area contributed by atoms with Crippen LogP contribution in [0.15, 0.2) is 30.6 Å². The lowest BCUT2D eigenvalue weighted by Crippen LogP contribution is -2.49. The summed E-state index contributed by atoms with van der Waals surface area (Å²) in [7, 11) is 0. The lowest BCUT2D eigenvalue weighted by molar-refractivity contribution is 0.0521. The van der Waals surface area contributed by atoms with Crippen LogP contribution in [0.1, 0.15) is 32.1 Å². The van der Waals surface area contributed by atoms with E-state index in [0.717, 1.165) is 41.4 Å². The Bertz CT molecular complexity index is 755. The number of imidazole rings is 1. The van der Waals surface area contributed by atoms with E-state index in [9.17, 15) is 0 Å². The van der Waals surface area contributed by atoms with Gasteiger partial charge in [-0.25, -0.2) is 4.98 Å². The molecule has 5 heteroatoms. The minimum atomic E-state index is 0.312. The molecular formula is C20H25N3O2. The summed E-state index contributed by atoms with van der Waals surface area (Å²) >= 11 is 0. The molecule has 0 amide bonds. The minimum Gasteiger partial charge on any atom is -0.454 e. The lowest BCUT2D eigenvalue weighted by atomic mass is 9.83. The standard InChI is InChI=1S/C20H25N3O2/c1-2-9-22-10-3-4-16(17(22)5-1)13-23-11-8-21-20(23)15-6-7-18-19(12-15)25-14-24-18/h6-8,11-12,16-17H,1-5,9-10,13-14H2/t16-,17+/m0/s1. The first-order valence-electron chi connectivity index (χ1n) is 9.54. The predicted octanol–water partition coefficient (Wildman–Crippen LogP) is 3.54. The molecule has 0 radical (unpaired) electrons. The smallest absolute Gasteiger partial charge is 0.231 e. The Labute approximate surface area is 148 Å². The summed E-state index contributed by atoms with van der Waals surface area (Å²) in [6.45, 7) is 3.96. The second-order valence-corrected chi connectivity index (χ2v) is 7.47. The van der Waals surface area contributed by atoms with Gasteiger partial charge in [-0.3, -0.25) is 0 Å². The second-order valence-electron chi connectivity index (χ2n) is 7.47. The number of ether oxygens (including phenoxy) is 2. The molecule has 2 fully saturated rings. The molecule has 0 saturated carbocycles. The predicted molar refractivity (Wildman–Crippen MR) is 95.7 cm³/mol. The van der Waals surface area contributed by atoms with Crippen molar-refractivity contribution in [3.8, 4) is 22.9 Å². The van der Waals surface area contributed by atoms with Crippen LogP contribution in [-0.4, -0.2) is 40.4 Å². The molecule has 132 valence electrons. The summed E-state index contributed by atoms with van der Waals surface area (Å²) in [5, 5.41) is 0. The van der Waals surface area contributed by atoms with E-state index in [-0.39, 0.29) is 0 Å². The van der Waals surface area contributed by atoms with Gasteiger partial charge in [-0.2, -0.15) is 0 Å². The van der Waals surface area contributed by atoms with Gasteiger partial charge in [-0.1, -0.05) is 6.42 Å². The van der Waals surface area contributed by atoms with Crippen LogP contribution in [0.4, 0.5) is 0 Å². The fourth-order valence-electron chi connectivity index (χ4n) is 4.80. The second kappa shape index (κ2) is 6.37. The highest BCUT2D eigenvalue weighted by molar-refractivity contribution is 5.62. The van der Waals surface area contributed by atoms with E-state index < -0.39 is 0 Å². The summed E-state index contributed by atoms with van der Waals surface area (Å²) in [5.74, 6) is 3.41. The van der Waals surface area contributed by atoms with Gasteiger partial charge in [0.1, 0.15) is 5.82 Å². The van der Waals surface area contributed by atoms with Crippen molar-refractivity contribution >= 4 is 0 Å². The Morgan fingerprint density at radius 3 is 2.96 bits per heavy atom. The minimum absolute atomic E-state index is 0.312. The van der Waals surface area contributed by atoms with E-state index >= 15 is 0 Å². The molecule has 2 saturated heterocycles. The van der Waals surface area contributed by atoms with E-state index in [1.807, 2.05) is 12.3 Å². The highest BCUT2D eigenvalue weighted by Crippen LogP contribution is 2.36. The molecular weight excluding hydrogens is 314 g/mol. The third kappa shape index (κ3) is 2.80. The van der Waals surface area contributed by atoms with Gasteiger partial charge in [0.2, 0.25) is 6.79 Å². The van der Waals surface area contributed by atoms with Gasteiger partial charge in [-0.15, -0.1) is 0 Å². The summed E-state index contributed by atoms with van der Waals surface area (Å²) in [6.07, 6.45) is 10.8. The lowest BCUT2D eigenvalue weighted by Gasteiger charge is -2.44. The van der Waals surface area contributed by atoms with E-state index in [1.54, 1.807) is 0 Å². The number of rotatable bonds is 3. The first-order chi connectivity index (χ1) is 12.4. The molecule has 0 N–H and O–H groups in total. The highest BCUT2D eigenvalue weighted by atomic mass is 16.7. The maximum absolute atomic E-state index is 5.53. The average molecular weight is 339 g/mol. The molecule has 1 aromatic carbocycles. The van der Waals surface area contributed by atoms with Crippen molar-refractivity contribution in [2.75, 3.05) is 19.9 Å². The number of piperidine rings is 2.